The third-order valence-corrected chi connectivity index (χ3v) is 4.17. The van der Waals surface area contributed by atoms with Gasteiger partial charge in [0.2, 0.25) is 0 Å². The molecular weight excluding hydrogens is 316 g/mol. The molecule has 122 valence electrons. The van der Waals surface area contributed by atoms with E-state index in [4.69, 9.17) is 16.3 Å². The maximum absolute atomic E-state index is 13.1. The highest BCUT2D eigenvalue weighted by Gasteiger charge is 2.26. The van der Waals surface area contributed by atoms with Gasteiger partial charge in [-0.2, -0.15) is 10.2 Å². The van der Waals surface area contributed by atoms with Crippen LogP contribution in [0.25, 0.3) is 0 Å². The number of amides is 1. The molecule has 2 aromatic rings. The van der Waals surface area contributed by atoms with Gasteiger partial charge in [0.05, 0.1) is 35.8 Å². The van der Waals surface area contributed by atoms with Crippen LogP contribution in [0, 0.1) is 0 Å². The van der Waals surface area contributed by atoms with Crippen molar-refractivity contribution < 1.29 is 9.53 Å². The molecule has 0 bridgehead atoms. The van der Waals surface area contributed by atoms with Gasteiger partial charge in [0.1, 0.15) is 5.69 Å². The molecule has 1 fully saturated rings. The molecule has 1 saturated heterocycles. The minimum Gasteiger partial charge on any atom is -0.376 e. The molecule has 2 aromatic heterocycles. The van der Waals surface area contributed by atoms with Crippen LogP contribution in [0.5, 0.6) is 0 Å². The number of halogens is 1. The van der Waals surface area contributed by atoms with Gasteiger partial charge in [0.25, 0.3) is 5.91 Å². The van der Waals surface area contributed by atoms with Crippen molar-refractivity contribution in [2.45, 2.75) is 32.4 Å². The smallest absolute Gasteiger partial charge is 0.275 e. The van der Waals surface area contributed by atoms with E-state index in [1.54, 1.807) is 35.6 Å². The van der Waals surface area contributed by atoms with Crippen LogP contribution in [0.2, 0.25) is 5.02 Å². The Bertz CT molecular complexity index is 668. The van der Waals surface area contributed by atoms with Crippen molar-refractivity contribution >= 4 is 23.2 Å². The minimum absolute atomic E-state index is 0.0487. The predicted octanol–water partition coefficient (Wildman–Crippen LogP) is 2.78. The molecular formula is C16H19ClN4O2. The monoisotopic (exact) mass is 334 g/mol. The molecule has 0 spiro atoms. The van der Waals surface area contributed by atoms with Gasteiger partial charge >= 0.3 is 0 Å². The Morgan fingerprint density at radius 3 is 3.04 bits per heavy atom. The molecule has 0 radical (unpaired) electrons. The van der Waals surface area contributed by atoms with E-state index >= 15 is 0 Å². The van der Waals surface area contributed by atoms with Gasteiger partial charge in [-0.25, -0.2) is 0 Å². The minimum atomic E-state index is -0.109. The molecule has 0 saturated carbocycles. The fourth-order valence-corrected chi connectivity index (χ4v) is 3.02. The second-order valence-electron chi connectivity index (χ2n) is 5.48. The molecule has 0 aliphatic carbocycles. The average molecular weight is 335 g/mol. The molecule has 0 N–H and O–H groups in total. The van der Waals surface area contributed by atoms with E-state index < -0.39 is 0 Å². The van der Waals surface area contributed by atoms with Crippen LogP contribution in [-0.4, -0.2) is 39.9 Å². The van der Waals surface area contributed by atoms with Gasteiger partial charge < -0.3 is 14.2 Å². The van der Waals surface area contributed by atoms with Crippen molar-refractivity contribution in [2.24, 2.45) is 0 Å². The van der Waals surface area contributed by atoms with E-state index in [0.717, 1.165) is 19.4 Å². The lowest BCUT2D eigenvalue weighted by Crippen LogP contribution is -2.38. The maximum atomic E-state index is 13.1. The molecule has 1 aliphatic heterocycles. The van der Waals surface area contributed by atoms with Crippen LogP contribution in [0.15, 0.2) is 30.7 Å². The number of aryl methyl sites for hydroxylation is 1. The molecule has 23 heavy (non-hydrogen) atoms. The van der Waals surface area contributed by atoms with Crippen LogP contribution in [0.4, 0.5) is 5.69 Å². The second kappa shape index (κ2) is 7.10. The zero-order chi connectivity index (χ0) is 16.2. The Morgan fingerprint density at radius 2 is 2.39 bits per heavy atom. The largest absolute Gasteiger partial charge is 0.376 e. The lowest BCUT2D eigenvalue weighted by molar-refractivity contribution is 0.0910. The van der Waals surface area contributed by atoms with Crippen molar-refractivity contribution in [3.63, 3.8) is 0 Å². The topological polar surface area (TPSA) is 60.2 Å². The summed E-state index contributed by atoms with van der Waals surface area (Å²) >= 11 is 6.07. The molecule has 3 heterocycles. The Balaban J connectivity index is 1.91. The van der Waals surface area contributed by atoms with E-state index in [1.807, 2.05) is 11.5 Å². The zero-order valence-electron chi connectivity index (χ0n) is 13.0. The summed E-state index contributed by atoms with van der Waals surface area (Å²) in [5.41, 5.74) is 1.27. The molecule has 7 heteroatoms. The van der Waals surface area contributed by atoms with Gasteiger partial charge in [0, 0.05) is 19.3 Å². The first kappa shape index (κ1) is 16.0. The third kappa shape index (κ3) is 3.54. The summed E-state index contributed by atoms with van der Waals surface area (Å²) in [6.07, 6.45) is 6.97. The second-order valence-corrected chi connectivity index (χ2v) is 5.92. The fourth-order valence-electron chi connectivity index (χ4n) is 2.79. The lowest BCUT2D eigenvalue weighted by Gasteiger charge is -2.25. The van der Waals surface area contributed by atoms with Crippen LogP contribution < -0.4 is 4.90 Å². The summed E-state index contributed by atoms with van der Waals surface area (Å²) in [4.78, 5) is 14.8. The highest BCUT2D eigenvalue weighted by atomic mass is 35.5. The van der Waals surface area contributed by atoms with Crippen molar-refractivity contribution in [2.75, 3.05) is 18.1 Å². The predicted molar refractivity (Wildman–Crippen MR) is 87.8 cm³/mol. The molecule has 6 nitrogen and oxygen atoms in total. The van der Waals surface area contributed by atoms with E-state index in [2.05, 4.69) is 10.2 Å². The van der Waals surface area contributed by atoms with E-state index in [-0.39, 0.29) is 12.0 Å². The number of nitrogens with zero attached hydrogens (tertiary/aromatic N) is 4. The standard InChI is InChI=1S/C16H19ClN4O2/c1-2-20-10-12(17)8-15(20)16(22)21(11-14-4-3-7-23-14)13-5-6-18-19-9-13/h5-6,8-10,14H,2-4,7,11H2,1H3. The van der Waals surface area contributed by atoms with Crippen molar-refractivity contribution in [3.05, 3.63) is 41.4 Å². The number of carbonyl (C=O) groups excluding carboxylic acids is 1. The van der Waals surface area contributed by atoms with Crippen LogP contribution >= 0.6 is 11.6 Å². The van der Waals surface area contributed by atoms with Crippen molar-refractivity contribution in [1.82, 2.24) is 14.8 Å². The molecule has 1 aliphatic rings. The van der Waals surface area contributed by atoms with E-state index in [1.165, 1.54) is 0 Å². The highest BCUT2D eigenvalue weighted by molar-refractivity contribution is 6.31. The summed E-state index contributed by atoms with van der Waals surface area (Å²) < 4.78 is 7.54. The van der Waals surface area contributed by atoms with Gasteiger partial charge in [-0.1, -0.05) is 11.6 Å². The Hall–Kier alpha value is -1.92. The fraction of sp³-hybridized carbons (Fsp3) is 0.438. The molecule has 1 atom stereocenters. The first-order valence-corrected chi connectivity index (χ1v) is 8.12. The van der Waals surface area contributed by atoms with E-state index in [9.17, 15) is 4.79 Å². The Morgan fingerprint density at radius 1 is 1.52 bits per heavy atom. The lowest BCUT2D eigenvalue weighted by atomic mass is 10.2. The van der Waals surface area contributed by atoms with Crippen LogP contribution in [0.3, 0.4) is 0 Å². The number of carbonyl (C=O) groups is 1. The third-order valence-electron chi connectivity index (χ3n) is 3.96. The molecule has 3 rings (SSSR count). The van der Waals surface area contributed by atoms with Gasteiger partial charge in [-0.15, -0.1) is 0 Å². The SMILES string of the molecule is CCn1cc(Cl)cc1C(=O)N(CC1CCCO1)c1ccnnc1. The quantitative estimate of drug-likeness (QED) is 0.843. The van der Waals surface area contributed by atoms with Crippen molar-refractivity contribution in [1.29, 1.82) is 0 Å². The van der Waals surface area contributed by atoms with Gasteiger partial charge in [-0.05, 0) is 31.9 Å². The number of anilines is 1. The van der Waals surface area contributed by atoms with Crippen molar-refractivity contribution in [3.8, 4) is 0 Å². The first-order valence-electron chi connectivity index (χ1n) is 7.75. The summed E-state index contributed by atoms with van der Waals surface area (Å²) in [7, 11) is 0. The number of hydrogen-bond donors (Lipinski definition) is 0. The number of hydrogen-bond acceptors (Lipinski definition) is 4. The summed E-state index contributed by atoms with van der Waals surface area (Å²) in [5.74, 6) is -0.109. The normalized spacial score (nSPS) is 17.4. The Kier molecular flexibility index (Phi) is 4.93. The summed E-state index contributed by atoms with van der Waals surface area (Å²) in [6, 6.07) is 3.48. The number of rotatable bonds is 5. The van der Waals surface area contributed by atoms with E-state index in [0.29, 0.717) is 29.5 Å². The molecule has 1 amide bonds. The maximum Gasteiger partial charge on any atom is 0.275 e. The summed E-state index contributed by atoms with van der Waals surface area (Å²) in [5, 5.41) is 8.23. The highest BCUT2D eigenvalue weighted by Crippen LogP contribution is 2.22. The molecule has 0 aromatic carbocycles. The van der Waals surface area contributed by atoms with Crippen LogP contribution in [0.1, 0.15) is 30.3 Å². The zero-order valence-corrected chi connectivity index (χ0v) is 13.7. The molecule has 1 unspecified atom stereocenters. The summed E-state index contributed by atoms with van der Waals surface area (Å²) in [6.45, 7) is 3.90. The Labute approximate surface area is 140 Å². The average Bonchev–Trinajstić information content (AvgIpc) is 3.22. The number of aromatic nitrogens is 3. The first-order chi connectivity index (χ1) is 11.2. The van der Waals surface area contributed by atoms with Gasteiger partial charge in [0.15, 0.2) is 0 Å². The van der Waals surface area contributed by atoms with Crippen LogP contribution in [-0.2, 0) is 11.3 Å². The van der Waals surface area contributed by atoms with Gasteiger partial charge in [-0.3, -0.25) is 4.79 Å². The number of ether oxygens (including phenoxy) is 1.